The van der Waals surface area contributed by atoms with Crippen molar-refractivity contribution in [1.29, 1.82) is 0 Å². The molecule has 0 radical (unpaired) electrons. The Labute approximate surface area is 395 Å². The molecule has 22 fully saturated rings. The summed E-state index contributed by atoms with van der Waals surface area (Å²) in [5.74, 6) is 0. The molecule has 22 rings (SSSR count). The topological polar surface area (TPSA) is 524 Å². The van der Waals surface area contributed by atoms with Crippen molar-refractivity contribution in [3.8, 4) is 0 Å². The molecule has 22 saturated heterocycles. The fourth-order valence-corrected chi connectivity index (χ4v) is 9.71. The molecule has 0 aromatic heterocycles. The van der Waals surface area contributed by atoms with E-state index in [1.165, 1.54) is 0 Å². The van der Waals surface area contributed by atoms with Crippen LogP contribution in [0.1, 0.15) is 0 Å². The molecular formula is C36H61NO32S. The minimum atomic E-state index is -5.11. The van der Waals surface area contributed by atoms with Crippen molar-refractivity contribution in [3.05, 3.63) is 0 Å². The molecule has 34 heteroatoms. The minimum absolute atomic E-state index is 1.02. The van der Waals surface area contributed by atoms with Crippen LogP contribution in [0, 0.1) is 0 Å². The van der Waals surface area contributed by atoms with E-state index in [1.54, 1.807) is 0 Å². The molecule has 0 aromatic carbocycles. The zero-order valence-corrected chi connectivity index (χ0v) is 37.1. The Hall–Kier alpha value is -1.29. The second kappa shape index (κ2) is 23.3. The standard InChI is InChI=1S/C36H61NO32S/c37-70(55,56)69-30-23(54)36-62-12(6-43)29(30)68-35-22(53)17(48)27(10(4-41)61-35)66-33-20(51)15(46)25(8(2-39)59-33)64-31-18(49)13(44)24(7(1-38)57-31)63-32-19(50)14(45)26(9(3-40)58-32)65-34-21(52)16(47)28(67-36)11(5-42)60-34/h7-36,38-54H,1-6H2,(H2,37,55,56)/t7-,8-,9-,10-,11-,12-,13-,14-,15-,16-,17-,18-,19-,20-,21-,22-,23-,24-,25-,26-,27-,28-,29+,30-,31-,32-,33-,34-,35-,36-/m1/s1. The zero-order valence-electron chi connectivity index (χ0n) is 36.3. The smallest absolute Gasteiger partial charge is 0.333 e. The van der Waals surface area contributed by atoms with Crippen LogP contribution >= 0.6 is 0 Å². The Kier molecular flexibility index (Phi) is 18.8. The van der Waals surface area contributed by atoms with Crippen LogP contribution in [0.25, 0.3) is 0 Å². The van der Waals surface area contributed by atoms with Gasteiger partial charge in [-0.05, 0) is 0 Å². The molecule has 408 valence electrons. The van der Waals surface area contributed by atoms with E-state index in [1.807, 2.05) is 0 Å². The summed E-state index contributed by atoms with van der Waals surface area (Å²) in [7, 11) is -5.11. The summed E-state index contributed by atoms with van der Waals surface area (Å²) in [6, 6.07) is 0. The molecule has 19 N–H and O–H groups in total. The van der Waals surface area contributed by atoms with Gasteiger partial charge in [-0.2, -0.15) is 8.42 Å². The quantitative estimate of drug-likeness (QED) is 0.107. The van der Waals surface area contributed by atoms with E-state index in [4.69, 9.17) is 66.2 Å². The molecule has 0 spiro atoms. The first-order valence-electron chi connectivity index (χ1n) is 21.8. The average molecular weight is 1050 g/mol. The fraction of sp³-hybridized carbons (Fsp3) is 1.00. The van der Waals surface area contributed by atoms with Gasteiger partial charge in [0.05, 0.1) is 39.6 Å². The van der Waals surface area contributed by atoms with Crippen molar-refractivity contribution in [2.24, 2.45) is 5.14 Å². The summed E-state index contributed by atoms with van der Waals surface area (Å²) in [4.78, 5) is 0. The normalized spacial score (nSPS) is 53.1. The van der Waals surface area contributed by atoms with Gasteiger partial charge in [0, 0.05) is 0 Å². The van der Waals surface area contributed by atoms with Crippen LogP contribution in [0.3, 0.4) is 0 Å². The van der Waals surface area contributed by atoms with Gasteiger partial charge in [0.15, 0.2) is 37.7 Å². The number of nitrogens with two attached hydrogens (primary N) is 1. The lowest BCUT2D eigenvalue weighted by atomic mass is 9.94. The lowest BCUT2D eigenvalue weighted by molar-refractivity contribution is -0.403. The van der Waals surface area contributed by atoms with Gasteiger partial charge in [-0.25, -0.2) is 9.32 Å². The first-order valence-corrected chi connectivity index (χ1v) is 23.3. The predicted octanol–water partition coefficient (Wildman–Crippen LogP) is -13.8. The molecule has 0 aliphatic carbocycles. The van der Waals surface area contributed by atoms with E-state index in [2.05, 4.69) is 0 Å². The van der Waals surface area contributed by atoms with E-state index in [-0.39, 0.29) is 0 Å². The van der Waals surface area contributed by atoms with Gasteiger partial charge in [-0.1, -0.05) is 0 Å². The third-order valence-corrected chi connectivity index (χ3v) is 13.4. The second-order valence-corrected chi connectivity index (χ2v) is 18.6. The summed E-state index contributed by atoms with van der Waals surface area (Å²) in [6.07, 6.45) is -61.5. The molecule has 22 aliphatic rings. The molecule has 0 unspecified atom stereocenters. The van der Waals surface area contributed by atoms with Crippen LogP contribution in [0.2, 0.25) is 0 Å². The Balaban J connectivity index is 1.23. The van der Waals surface area contributed by atoms with Crippen molar-refractivity contribution >= 4 is 10.3 Å². The van der Waals surface area contributed by atoms with Gasteiger partial charge >= 0.3 is 10.3 Å². The average Bonchev–Trinajstić information content (AvgIpc) is 3.33. The number of rotatable bonds is 8. The van der Waals surface area contributed by atoms with Crippen molar-refractivity contribution < 1.29 is 156 Å². The number of aliphatic hydroxyl groups is 17. The molecule has 22 heterocycles. The highest BCUT2D eigenvalue weighted by atomic mass is 32.2. The number of hydrogen-bond acceptors (Lipinski definition) is 32. The number of ether oxygens (including phenoxy) is 12. The van der Waals surface area contributed by atoms with Gasteiger partial charge in [0.1, 0.15) is 146 Å². The number of hydrogen-bond donors (Lipinski definition) is 18. The summed E-state index contributed by atoms with van der Waals surface area (Å²) in [5.41, 5.74) is 0. The molecule has 0 amide bonds. The Morgan fingerprint density at radius 1 is 0.300 bits per heavy atom. The first-order chi connectivity index (χ1) is 33.1. The van der Waals surface area contributed by atoms with E-state index in [0.717, 1.165) is 0 Å². The highest BCUT2D eigenvalue weighted by Crippen LogP contribution is 2.38. The Morgan fingerprint density at radius 2 is 0.486 bits per heavy atom. The van der Waals surface area contributed by atoms with Crippen molar-refractivity contribution in [1.82, 2.24) is 0 Å². The van der Waals surface area contributed by atoms with Crippen LogP contribution in [0.4, 0.5) is 0 Å². The predicted molar refractivity (Wildman–Crippen MR) is 208 cm³/mol. The maximum atomic E-state index is 12.4. The van der Waals surface area contributed by atoms with Gasteiger partial charge < -0.3 is 144 Å². The largest absolute Gasteiger partial charge is 0.394 e. The molecule has 0 aromatic rings. The Bertz CT molecular complexity index is 1770. The second-order valence-electron chi connectivity index (χ2n) is 17.4. The molecule has 0 saturated carbocycles. The third kappa shape index (κ3) is 11.3. The Morgan fingerprint density at radius 3 is 0.686 bits per heavy atom. The van der Waals surface area contributed by atoms with E-state index >= 15 is 0 Å². The van der Waals surface area contributed by atoms with Crippen molar-refractivity contribution in [2.75, 3.05) is 39.6 Å². The zero-order chi connectivity index (χ0) is 51.3. The van der Waals surface area contributed by atoms with E-state index in [0.29, 0.717) is 0 Å². The summed E-state index contributed by atoms with van der Waals surface area (Å²) in [6.45, 7) is -6.44. The van der Waals surface area contributed by atoms with Gasteiger partial charge in [0.25, 0.3) is 0 Å². The summed E-state index contributed by atoms with van der Waals surface area (Å²) < 4.78 is 97.5. The first kappa shape index (κ1) is 56.4. The van der Waals surface area contributed by atoms with Crippen LogP contribution < -0.4 is 5.14 Å². The van der Waals surface area contributed by atoms with Crippen molar-refractivity contribution in [2.45, 2.75) is 184 Å². The molecule has 33 nitrogen and oxygen atoms in total. The number of aliphatic hydroxyl groups excluding tert-OH is 17. The van der Waals surface area contributed by atoms with Gasteiger partial charge in [-0.3, -0.25) is 0 Å². The SMILES string of the molecule is NS(=O)(=O)O[C@@H]1[C@@H](O)[C@H]2O[C@H]3[C@H](O)[C@@H](O)[C@@H](O[C@H]4[C@H](O)[C@@H](O)[C@@H](O[C@H]5[C@H](O)[C@@H](O)[C@@H](O[C@H]6[C@H](O)[C@@H](O)[C@@H](O[C@H]7[C@H](O)[C@@H](O)[C@@H](O[C@H]1[C@@H](CO)O2)O[C@@H]7CO)O[C@@H]6CO)O[C@@H]5CO)O[C@@H]4CO)O[C@@H]3CO. The maximum Gasteiger partial charge on any atom is 0.333 e. The lowest BCUT2D eigenvalue weighted by Gasteiger charge is -2.51. The van der Waals surface area contributed by atoms with Crippen LogP contribution in [0.5, 0.6) is 0 Å². The van der Waals surface area contributed by atoms with Crippen molar-refractivity contribution in [3.63, 3.8) is 0 Å². The minimum Gasteiger partial charge on any atom is -0.394 e. The molecule has 22 aliphatic heterocycles. The monoisotopic (exact) mass is 1050 g/mol. The fourth-order valence-electron chi connectivity index (χ4n) is 9.18. The summed E-state index contributed by atoms with van der Waals surface area (Å²) in [5, 5.41) is 191. The maximum absolute atomic E-state index is 12.4. The highest BCUT2D eigenvalue weighted by Gasteiger charge is 2.59. The lowest BCUT2D eigenvalue weighted by Crippen LogP contribution is -2.69. The molecule has 12 bridgehead atoms. The molecular weight excluding hydrogens is 990 g/mol. The third-order valence-electron chi connectivity index (χ3n) is 12.9. The molecule has 70 heavy (non-hydrogen) atoms. The van der Waals surface area contributed by atoms with Crippen LogP contribution in [-0.2, 0) is 71.3 Å². The highest BCUT2D eigenvalue weighted by molar-refractivity contribution is 7.84. The van der Waals surface area contributed by atoms with E-state index in [9.17, 15) is 95.2 Å². The van der Waals surface area contributed by atoms with Gasteiger partial charge in [-0.15, -0.1) is 0 Å². The summed E-state index contributed by atoms with van der Waals surface area (Å²) >= 11 is 0. The van der Waals surface area contributed by atoms with Crippen LogP contribution in [0.15, 0.2) is 0 Å². The molecule has 30 atom stereocenters. The van der Waals surface area contributed by atoms with Crippen LogP contribution in [-0.4, -0.2) is 319 Å². The van der Waals surface area contributed by atoms with E-state index < -0.39 is 234 Å². The van der Waals surface area contributed by atoms with Gasteiger partial charge in [0.2, 0.25) is 0 Å².